The van der Waals surface area contributed by atoms with Crippen LogP contribution in [-0.4, -0.2) is 34.1 Å². The van der Waals surface area contributed by atoms with Crippen LogP contribution >= 0.6 is 34.4 Å². The molecule has 0 spiro atoms. The molecular weight excluding hydrogens is 485 g/mol. The number of hydrogen-bond acceptors (Lipinski definition) is 6. The highest BCUT2D eigenvalue weighted by atomic mass is 32.2. The predicted molar refractivity (Wildman–Crippen MR) is 142 cm³/mol. The van der Waals surface area contributed by atoms with E-state index in [1.807, 2.05) is 48.7 Å². The van der Waals surface area contributed by atoms with Gasteiger partial charge in [0, 0.05) is 35.0 Å². The Labute approximate surface area is 208 Å². The molecule has 2 amide bonds. The Morgan fingerprint density at radius 3 is 2.97 bits per heavy atom. The van der Waals surface area contributed by atoms with Gasteiger partial charge in [-0.05, 0) is 58.6 Å². The third kappa shape index (κ3) is 5.16. The van der Waals surface area contributed by atoms with E-state index in [-0.39, 0.29) is 5.91 Å². The molecule has 0 aliphatic rings. The molecule has 0 fully saturated rings. The SMILES string of the molecule is O=CNC(Cc1c[nH]c2ccccc12)C(=O)Nc1ccc2nc(SCCc3ccsc3)sc2c1. The third-order valence-corrected chi connectivity index (χ3v) is 8.41. The molecule has 34 heavy (non-hydrogen) atoms. The second kappa shape index (κ2) is 10.4. The number of nitrogens with one attached hydrogen (secondary N) is 3. The number of rotatable bonds is 10. The number of aryl methyl sites for hydroxylation is 1. The van der Waals surface area contributed by atoms with Gasteiger partial charge in [0.2, 0.25) is 12.3 Å². The minimum absolute atomic E-state index is 0.258. The Morgan fingerprint density at radius 2 is 2.12 bits per heavy atom. The van der Waals surface area contributed by atoms with Gasteiger partial charge in [-0.3, -0.25) is 9.59 Å². The number of benzene rings is 2. The van der Waals surface area contributed by atoms with E-state index < -0.39 is 6.04 Å². The van der Waals surface area contributed by atoms with Gasteiger partial charge in [-0.25, -0.2) is 4.98 Å². The van der Waals surface area contributed by atoms with Crippen molar-refractivity contribution in [2.45, 2.75) is 23.2 Å². The Kier molecular flexibility index (Phi) is 6.94. The summed E-state index contributed by atoms with van der Waals surface area (Å²) in [5, 5.41) is 10.9. The summed E-state index contributed by atoms with van der Waals surface area (Å²) in [6.45, 7) is 0. The van der Waals surface area contributed by atoms with Crippen LogP contribution in [0.25, 0.3) is 21.1 Å². The van der Waals surface area contributed by atoms with Gasteiger partial charge in [0.05, 0.1) is 10.2 Å². The number of aromatic nitrogens is 2. The largest absolute Gasteiger partial charge is 0.361 e. The van der Waals surface area contributed by atoms with E-state index in [0.717, 1.165) is 43.2 Å². The molecule has 0 saturated carbocycles. The number of thiazole rings is 1. The highest BCUT2D eigenvalue weighted by Gasteiger charge is 2.20. The third-order valence-electron chi connectivity index (χ3n) is 5.52. The first-order valence-electron chi connectivity index (χ1n) is 10.8. The highest BCUT2D eigenvalue weighted by Crippen LogP contribution is 2.32. The van der Waals surface area contributed by atoms with Gasteiger partial charge in [-0.15, -0.1) is 11.3 Å². The average molecular weight is 507 g/mol. The number of para-hydroxylation sites is 1. The van der Waals surface area contributed by atoms with Crippen molar-refractivity contribution in [1.82, 2.24) is 15.3 Å². The topological polar surface area (TPSA) is 86.9 Å². The number of carbonyl (C=O) groups is 2. The van der Waals surface area contributed by atoms with E-state index in [1.54, 1.807) is 34.4 Å². The standard InChI is InChI=1S/C25H22N4O2S3/c30-15-27-22(11-17-13-26-20-4-2-1-3-19(17)20)24(31)28-18-5-6-21-23(12-18)34-25(29-21)33-10-8-16-7-9-32-14-16/h1-7,9,12-15,22,26H,8,10-11H2,(H,27,30)(H,28,31). The maximum absolute atomic E-state index is 13.0. The Hall–Kier alpha value is -3.14. The number of thioether (sulfide) groups is 1. The van der Waals surface area contributed by atoms with E-state index in [2.05, 4.69) is 32.4 Å². The van der Waals surface area contributed by atoms with Crippen molar-refractivity contribution in [3.63, 3.8) is 0 Å². The number of thiophene rings is 1. The Balaban J connectivity index is 1.25. The van der Waals surface area contributed by atoms with Crippen LogP contribution in [0.2, 0.25) is 0 Å². The molecule has 9 heteroatoms. The van der Waals surface area contributed by atoms with E-state index >= 15 is 0 Å². The van der Waals surface area contributed by atoms with Crippen LogP contribution < -0.4 is 10.6 Å². The fourth-order valence-corrected chi connectivity index (χ4v) is 6.66. The van der Waals surface area contributed by atoms with Crippen molar-refractivity contribution in [3.05, 3.63) is 76.6 Å². The number of hydrogen-bond donors (Lipinski definition) is 3. The summed E-state index contributed by atoms with van der Waals surface area (Å²) in [6.07, 6.45) is 3.87. The minimum Gasteiger partial charge on any atom is -0.361 e. The molecule has 6 nitrogen and oxygen atoms in total. The smallest absolute Gasteiger partial charge is 0.247 e. The fourth-order valence-electron chi connectivity index (χ4n) is 3.79. The van der Waals surface area contributed by atoms with E-state index in [1.165, 1.54) is 5.56 Å². The van der Waals surface area contributed by atoms with Crippen LogP contribution in [0, 0.1) is 0 Å². The highest BCUT2D eigenvalue weighted by molar-refractivity contribution is 8.01. The van der Waals surface area contributed by atoms with E-state index in [4.69, 9.17) is 4.98 Å². The second-order valence-corrected chi connectivity index (χ2v) is 10.9. The van der Waals surface area contributed by atoms with Gasteiger partial charge in [0.1, 0.15) is 6.04 Å². The monoisotopic (exact) mass is 506 g/mol. The first-order valence-corrected chi connectivity index (χ1v) is 13.5. The van der Waals surface area contributed by atoms with Crippen LogP contribution in [0.3, 0.4) is 0 Å². The molecule has 0 saturated heterocycles. The van der Waals surface area contributed by atoms with Crippen molar-refractivity contribution in [3.8, 4) is 0 Å². The lowest BCUT2D eigenvalue weighted by Crippen LogP contribution is -2.41. The van der Waals surface area contributed by atoms with Crippen molar-refractivity contribution in [2.75, 3.05) is 11.1 Å². The van der Waals surface area contributed by atoms with E-state index in [0.29, 0.717) is 18.5 Å². The zero-order chi connectivity index (χ0) is 23.3. The molecule has 3 heterocycles. The lowest BCUT2D eigenvalue weighted by molar-refractivity contribution is -0.121. The molecule has 5 aromatic rings. The average Bonchev–Trinajstić information content (AvgIpc) is 3.59. The second-order valence-electron chi connectivity index (χ2n) is 7.78. The first kappa shape index (κ1) is 22.6. The summed E-state index contributed by atoms with van der Waals surface area (Å²) in [5.41, 5.74) is 4.94. The number of anilines is 1. The molecular formula is C25H22N4O2S3. The first-order chi connectivity index (χ1) is 16.7. The lowest BCUT2D eigenvalue weighted by atomic mass is 10.0. The number of aromatic amines is 1. The summed E-state index contributed by atoms with van der Waals surface area (Å²) in [4.78, 5) is 32.1. The zero-order valence-corrected chi connectivity index (χ0v) is 20.6. The normalized spacial score (nSPS) is 12.1. The molecule has 3 aromatic heterocycles. The molecule has 1 unspecified atom stereocenters. The Bertz CT molecular complexity index is 1420. The zero-order valence-electron chi connectivity index (χ0n) is 18.1. The maximum Gasteiger partial charge on any atom is 0.247 e. The van der Waals surface area contributed by atoms with Gasteiger partial charge >= 0.3 is 0 Å². The quantitative estimate of drug-likeness (QED) is 0.173. The molecule has 0 bridgehead atoms. The van der Waals surface area contributed by atoms with Gasteiger partial charge in [-0.1, -0.05) is 30.0 Å². The van der Waals surface area contributed by atoms with Gasteiger partial charge in [0.15, 0.2) is 4.34 Å². The lowest BCUT2D eigenvalue weighted by Gasteiger charge is -2.16. The fraction of sp³-hybridized carbons (Fsp3) is 0.160. The van der Waals surface area contributed by atoms with Crippen LogP contribution in [0.15, 0.2) is 69.8 Å². The van der Waals surface area contributed by atoms with Gasteiger partial charge < -0.3 is 15.6 Å². The summed E-state index contributed by atoms with van der Waals surface area (Å²) in [5.74, 6) is 0.721. The van der Waals surface area contributed by atoms with Crippen LogP contribution in [0.5, 0.6) is 0 Å². The molecule has 5 rings (SSSR count). The molecule has 1 atom stereocenters. The predicted octanol–water partition coefficient (Wildman–Crippen LogP) is 5.47. The van der Waals surface area contributed by atoms with Gasteiger partial charge in [0.25, 0.3) is 0 Å². The minimum atomic E-state index is -0.683. The molecule has 0 aliphatic heterocycles. The number of carbonyl (C=O) groups excluding carboxylic acids is 2. The number of fused-ring (bicyclic) bond motifs is 2. The van der Waals surface area contributed by atoms with Crippen LogP contribution in [-0.2, 0) is 22.4 Å². The molecule has 0 aliphatic carbocycles. The van der Waals surface area contributed by atoms with Crippen LogP contribution in [0.4, 0.5) is 5.69 Å². The molecule has 172 valence electrons. The van der Waals surface area contributed by atoms with Crippen LogP contribution in [0.1, 0.15) is 11.1 Å². The van der Waals surface area contributed by atoms with Crippen molar-refractivity contribution < 1.29 is 9.59 Å². The summed E-state index contributed by atoms with van der Waals surface area (Å²) < 4.78 is 2.04. The van der Waals surface area contributed by atoms with E-state index in [9.17, 15) is 9.59 Å². The molecule has 2 aromatic carbocycles. The van der Waals surface area contributed by atoms with Gasteiger partial charge in [-0.2, -0.15) is 11.3 Å². The summed E-state index contributed by atoms with van der Waals surface area (Å²) in [7, 11) is 0. The number of H-pyrrole nitrogens is 1. The number of amides is 2. The molecule has 3 N–H and O–H groups in total. The number of nitrogens with zero attached hydrogens (tertiary/aromatic N) is 1. The molecule has 0 radical (unpaired) electrons. The summed E-state index contributed by atoms with van der Waals surface area (Å²) in [6, 6.07) is 15.1. The van der Waals surface area contributed by atoms with Crippen molar-refractivity contribution in [1.29, 1.82) is 0 Å². The van der Waals surface area contributed by atoms with Crippen molar-refractivity contribution >= 4 is 73.6 Å². The van der Waals surface area contributed by atoms with Crippen molar-refractivity contribution in [2.24, 2.45) is 0 Å². The summed E-state index contributed by atoms with van der Waals surface area (Å²) >= 11 is 5.10. The maximum atomic E-state index is 13.0. The Morgan fingerprint density at radius 1 is 1.21 bits per heavy atom.